The Balaban J connectivity index is 2.33. The van der Waals surface area contributed by atoms with Crippen LogP contribution in [0.4, 0.5) is 17.6 Å². The fourth-order valence-electron chi connectivity index (χ4n) is 2.03. The highest BCUT2D eigenvalue weighted by atomic mass is 19.4. The molecular formula is C11H8F4O2. The fourth-order valence-corrected chi connectivity index (χ4v) is 2.03. The van der Waals surface area contributed by atoms with E-state index in [1.165, 1.54) is 12.1 Å². The lowest BCUT2D eigenvalue weighted by atomic mass is 9.98. The fraction of sp³-hybridized carbons (Fsp3) is 0.364. The van der Waals surface area contributed by atoms with Crippen molar-refractivity contribution in [3.63, 3.8) is 0 Å². The van der Waals surface area contributed by atoms with E-state index >= 15 is 0 Å². The maximum atomic E-state index is 12.7. The van der Waals surface area contributed by atoms with Crippen molar-refractivity contribution in [3.05, 3.63) is 35.6 Å². The summed E-state index contributed by atoms with van der Waals surface area (Å²) in [5.41, 5.74) is -2.50. The maximum Gasteiger partial charge on any atom is 0.405 e. The third kappa shape index (κ3) is 1.67. The van der Waals surface area contributed by atoms with Gasteiger partial charge in [0.25, 0.3) is 0 Å². The number of rotatable bonds is 2. The van der Waals surface area contributed by atoms with Gasteiger partial charge in [0.1, 0.15) is 5.82 Å². The lowest BCUT2D eigenvalue weighted by Gasteiger charge is -2.16. The molecule has 1 aliphatic rings. The second-order valence-electron chi connectivity index (χ2n) is 4.08. The van der Waals surface area contributed by atoms with Gasteiger partial charge >= 0.3 is 12.1 Å². The minimum absolute atomic E-state index is 0.200. The Bertz CT molecular complexity index is 452. The van der Waals surface area contributed by atoms with E-state index in [1.54, 1.807) is 0 Å². The van der Waals surface area contributed by atoms with Crippen LogP contribution in [0.1, 0.15) is 17.9 Å². The second kappa shape index (κ2) is 3.45. The van der Waals surface area contributed by atoms with Gasteiger partial charge in [0, 0.05) is 5.92 Å². The molecule has 0 aromatic heterocycles. The molecule has 2 atom stereocenters. The number of carboxylic acids is 1. The van der Waals surface area contributed by atoms with Crippen LogP contribution in [0.5, 0.6) is 0 Å². The van der Waals surface area contributed by atoms with Gasteiger partial charge in [-0.1, -0.05) is 12.1 Å². The predicted octanol–water partition coefficient (Wildman–Crippen LogP) is 2.95. The molecule has 1 aromatic rings. The first kappa shape index (κ1) is 11.9. The van der Waals surface area contributed by atoms with Crippen molar-refractivity contribution < 1.29 is 27.5 Å². The van der Waals surface area contributed by atoms with Crippen molar-refractivity contribution >= 4 is 5.97 Å². The van der Waals surface area contributed by atoms with Gasteiger partial charge in [-0.15, -0.1) is 0 Å². The smallest absolute Gasteiger partial charge is 0.405 e. The van der Waals surface area contributed by atoms with Crippen LogP contribution in [0.3, 0.4) is 0 Å². The average Bonchev–Trinajstić information content (AvgIpc) is 2.94. The predicted molar refractivity (Wildman–Crippen MR) is 49.9 cm³/mol. The van der Waals surface area contributed by atoms with Crippen LogP contribution in [-0.2, 0) is 4.79 Å². The van der Waals surface area contributed by atoms with Gasteiger partial charge in [0.15, 0.2) is 5.41 Å². The minimum Gasteiger partial charge on any atom is -0.481 e. The van der Waals surface area contributed by atoms with Crippen LogP contribution in [0.15, 0.2) is 24.3 Å². The summed E-state index contributed by atoms with van der Waals surface area (Å²) < 4.78 is 50.7. The molecule has 1 aliphatic carbocycles. The van der Waals surface area contributed by atoms with E-state index in [9.17, 15) is 22.4 Å². The average molecular weight is 248 g/mol. The van der Waals surface area contributed by atoms with Gasteiger partial charge in [-0.25, -0.2) is 4.39 Å². The number of carbonyl (C=O) groups is 1. The summed E-state index contributed by atoms with van der Waals surface area (Å²) >= 11 is 0. The van der Waals surface area contributed by atoms with Crippen molar-refractivity contribution in [1.29, 1.82) is 0 Å². The topological polar surface area (TPSA) is 37.3 Å². The quantitative estimate of drug-likeness (QED) is 0.817. The first-order valence-corrected chi connectivity index (χ1v) is 4.84. The number of carboxylic acid groups (broad SMARTS) is 1. The minimum atomic E-state index is -4.79. The molecule has 6 heteroatoms. The summed E-state index contributed by atoms with van der Waals surface area (Å²) in [4.78, 5) is 10.8. The van der Waals surface area contributed by atoms with Crippen molar-refractivity contribution in [1.82, 2.24) is 0 Å². The summed E-state index contributed by atoms with van der Waals surface area (Å²) in [5, 5.41) is 8.73. The lowest BCUT2D eigenvalue weighted by molar-refractivity contribution is -0.204. The SMILES string of the molecule is O=C(O)[C@]1(C(F)(F)F)CC1c1ccc(F)cc1. The van der Waals surface area contributed by atoms with Gasteiger partial charge in [0.05, 0.1) is 0 Å². The number of aliphatic carboxylic acids is 1. The molecule has 1 N–H and O–H groups in total. The number of halogens is 4. The second-order valence-corrected chi connectivity index (χ2v) is 4.08. The summed E-state index contributed by atoms with van der Waals surface area (Å²) in [7, 11) is 0. The van der Waals surface area contributed by atoms with E-state index in [2.05, 4.69) is 0 Å². The number of hydrogen-bond acceptors (Lipinski definition) is 1. The van der Waals surface area contributed by atoms with Crippen molar-refractivity contribution in [2.45, 2.75) is 18.5 Å². The van der Waals surface area contributed by atoms with Gasteiger partial charge in [0.2, 0.25) is 0 Å². The number of alkyl halides is 3. The molecule has 1 aromatic carbocycles. The Morgan fingerprint density at radius 1 is 1.29 bits per heavy atom. The molecule has 1 unspecified atom stereocenters. The first-order valence-electron chi connectivity index (χ1n) is 4.84. The highest BCUT2D eigenvalue weighted by Gasteiger charge is 2.76. The summed E-state index contributed by atoms with van der Waals surface area (Å²) in [6.07, 6.45) is -5.28. The molecule has 92 valence electrons. The van der Waals surface area contributed by atoms with Gasteiger partial charge in [-0.3, -0.25) is 4.79 Å². The molecular weight excluding hydrogens is 240 g/mol. The van der Waals surface area contributed by atoms with Crippen LogP contribution in [-0.4, -0.2) is 17.3 Å². The van der Waals surface area contributed by atoms with Gasteiger partial charge in [-0.2, -0.15) is 13.2 Å². The van der Waals surface area contributed by atoms with Crippen LogP contribution in [0, 0.1) is 11.2 Å². The first-order chi connectivity index (χ1) is 7.79. The van der Waals surface area contributed by atoms with E-state index in [-0.39, 0.29) is 5.56 Å². The van der Waals surface area contributed by atoms with Crippen LogP contribution in [0.2, 0.25) is 0 Å². The van der Waals surface area contributed by atoms with E-state index in [4.69, 9.17) is 5.11 Å². The Morgan fingerprint density at radius 3 is 2.18 bits per heavy atom. The highest BCUT2D eigenvalue weighted by molar-refractivity contribution is 5.81. The summed E-state index contributed by atoms with van der Waals surface area (Å²) in [6, 6.07) is 4.43. The lowest BCUT2D eigenvalue weighted by Crippen LogP contribution is -2.34. The highest BCUT2D eigenvalue weighted by Crippen LogP contribution is 2.67. The number of benzene rings is 1. The molecule has 2 rings (SSSR count). The molecule has 1 saturated carbocycles. The third-order valence-corrected chi connectivity index (χ3v) is 3.12. The molecule has 0 heterocycles. The molecule has 0 radical (unpaired) electrons. The summed E-state index contributed by atoms with van der Waals surface area (Å²) in [5.74, 6) is -3.57. The van der Waals surface area contributed by atoms with Crippen LogP contribution in [0.25, 0.3) is 0 Å². The standard InChI is InChI=1S/C11H8F4O2/c12-7-3-1-6(2-4-7)8-5-10(8,9(16)17)11(13,14)15/h1-4,8H,5H2,(H,16,17)/t8?,10-/m0/s1. The van der Waals surface area contributed by atoms with Gasteiger partial charge in [-0.05, 0) is 24.1 Å². The Hall–Kier alpha value is -1.59. The third-order valence-electron chi connectivity index (χ3n) is 3.12. The van der Waals surface area contributed by atoms with Crippen molar-refractivity contribution in [2.75, 3.05) is 0 Å². The summed E-state index contributed by atoms with van der Waals surface area (Å²) in [6.45, 7) is 0. The molecule has 17 heavy (non-hydrogen) atoms. The maximum absolute atomic E-state index is 12.7. The molecule has 0 aliphatic heterocycles. The molecule has 0 saturated heterocycles. The number of hydrogen-bond donors (Lipinski definition) is 1. The largest absolute Gasteiger partial charge is 0.481 e. The van der Waals surface area contributed by atoms with E-state index in [0.717, 1.165) is 12.1 Å². The molecule has 0 spiro atoms. The van der Waals surface area contributed by atoms with E-state index in [1.807, 2.05) is 0 Å². The van der Waals surface area contributed by atoms with Gasteiger partial charge < -0.3 is 5.11 Å². The van der Waals surface area contributed by atoms with E-state index in [0.29, 0.717) is 0 Å². The zero-order valence-electron chi connectivity index (χ0n) is 8.46. The Kier molecular flexibility index (Phi) is 2.41. The zero-order valence-corrected chi connectivity index (χ0v) is 8.46. The zero-order chi connectivity index (χ0) is 12.8. The molecule has 1 fully saturated rings. The normalized spacial score (nSPS) is 27.9. The molecule has 2 nitrogen and oxygen atoms in total. The Morgan fingerprint density at radius 2 is 1.82 bits per heavy atom. The monoisotopic (exact) mass is 248 g/mol. The van der Waals surface area contributed by atoms with Crippen LogP contribution >= 0.6 is 0 Å². The molecule has 0 bridgehead atoms. The van der Waals surface area contributed by atoms with Crippen LogP contribution < -0.4 is 0 Å². The molecule has 0 amide bonds. The Labute approximate surface area is 93.9 Å². The van der Waals surface area contributed by atoms with E-state index < -0.39 is 35.7 Å². The van der Waals surface area contributed by atoms with Crippen molar-refractivity contribution in [3.8, 4) is 0 Å². The van der Waals surface area contributed by atoms with Crippen molar-refractivity contribution in [2.24, 2.45) is 5.41 Å².